The summed E-state index contributed by atoms with van der Waals surface area (Å²) in [5, 5.41) is 1.21. The summed E-state index contributed by atoms with van der Waals surface area (Å²) in [5.41, 5.74) is 2.33. The molecule has 1 fully saturated rings. The van der Waals surface area contributed by atoms with E-state index in [1.165, 1.54) is 17.4 Å². The zero-order valence-electron chi connectivity index (χ0n) is 9.20. The van der Waals surface area contributed by atoms with Crippen LogP contribution in [0.1, 0.15) is 37.2 Å². The normalized spacial score (nSPS) is 21.5. The Kier molecular flexibility index (Phi) is 2.28. The number of para-hydroxylation sites is 1. The van der Waals surface area contributed by atoms with E-state index in [0.717, 1.165) is 24.8 Å². The second-order valence-electron chi connectivity index (χ2n) is 4.55. The van der Waals surface area contributed by atoms with Crippen LogP contribution in [0, 0.1) is 0 Å². The van der Waals surface area contributed by atoms with E-state index in [1.54, 1.807) is 0 Å². The molecule has 1 N–H and O–H groups in total. The van der Waals surface area contributed by atoms with Crippen molar-refractivity contribution in [1.29, 1.82) is 0 Å². The van der Waals surface area contributed by atoms with Gasteiger partial charge in [0.05, 0.1) is 0 Å². The predicted molar refractivity (Wildman–Crippen MR) is 64.5 cm³/mol. The first kappa shape index (κ1) is 9.64. The molecule has 0 spiro atoms. The lowest BCUT2D eigenvalue weighted by atomic mass is 9.83. The van der Waals surface area contributed by atoms with Gasteiger partial charge in [0.25, 0.3) is 0 Å². The van der Waals surface area contributed by atoms with Crippen LogP contribution in [0.25, 0.3) is 10.9 Å². The Labute approximate surface area is 94.7 Å². The summed E-state index contributed by atoms with van der Waals surface area (Å²) in [5.74, 6) is 0.543. The lowest BCUT2D eigenvalue weighted by Gasteiger charge is -2.19. The molecule has 0 saturated heterocycles. The Balaban J connectivity index is 2.08. The average molecular weight is 213 g/mol. The zero-order valence-corrected chi connectivity index (χ0v) is 9.20. The standard InChI is InChI=1S/C14H15NO/c16-14-8-4-2-6-11(14)12-9-15-13-7-3-1-5-10(12)13/h1,3,5,7,9,11,15H,2,4,6,8H2. The van der Waals surface area contributed by atoms with Gasteiger partial charge < -0.3 is 4.98 Å². The van der Waals surface area contributed by atoms with E-state index in [-0.39, 0.29) is 5.92 Å². The Morgan fingerprint density at radius 2 is 2.06 bits per heavy atom. The highest BCUT2D eigenvalue weighted by molar-refractivity contribution is 5.93. The van der Waals surface area contributed by atoms with Gasteiger partial charge in [-0.2, -0.15) is 0 Å². The number of hydrogen-bond acceptors (Lipinski definition) is 1. The van der Waals surface area contributed by atoms with Gasteiger partial charge in [-0.1, -0.05) is 24.6 Å². The van der Waals surface area contributed by atoms with Crippen LogP contribution in [0.5, 0.6) is 0 Å². The second kappa shape index (κ2) is 3.78. The lowest BCUT2D eigenvalue weighted by Crippen LogP contribution is -2.16. The number of ketones is 1. The number of aromatic nitrogens is 1. The Bertz CT molecular complexity index is 526. The monoisotopic (exact) mass is 213 g/mol. The minimum atomic E-state index is 0.130. The molecule has 2 heteroatoms. The van der Waals surface area contributed by atoms with Crippen LogP contribution in [0.2, 0.25) is 0 Å². The topological polar surface area (TPSA) is 32.9 Å². The second-order valence-corrected chi connectivity index (χ2v) is 4.55. The highest BCUT2D eigenvalue weighted by atomic mass is 16.1. The summed E-state index contributed by atoms with van der Waals surface area (Å²) in [6.45, 7) is 0. The van der Waals surface area contributed by atoms with Crippen molar-refractivity contribution in [1.82, 2.24) is 4.98 Å². The first-order valence-electron chi connectivity index (χ1n) is 5.95. The van der Waals surface area contributed by atoms with Gasteiger partial charge in [0.15, 0.2) is 0 Å². The molecule has 2 aromatic rings. The minimum Gasteiger partial charge on any atom is -0.361 e. The van der Waals surface area contributed by atoms with Gasteiger partial charge >= 0.3 is 0 Å². The van der Waals surface area contributed by atoms with Crippen molar-refractivity contribution in [2.45, 2.75) is 31.6 Å². The van der Waals surface area contributed by atoms with Crippen molar-refractivity contribution in [3.8, 4) is 0 Å². The van der Waals surface area contributed by atoms with Gasteiger partial charge in [0.1, 0.15) is 5.78 Å². The third-order valence-corrected chi connectivity index (χ3v) is 3.55. The van der Waals surface area contributed by atoms with Gasteiger partial charge in [0, 0.05) is 29.4 Å². The van der Waals surface area contributed by atoms with Crippen molar-refractivity contribution in [2.75, 3.05) is 0 Å². The molecule has 0 radical (unpaired) electrons. The SMILES string of the molecule is O=C1CCCCC1c1c[nH]c2ccccc12. The molecular formula is C14H15NO. The molecule has 2 nitrogen and oxygen atoms in total. The zero-order chi connectivity index (χ0) is 11.0. The van der Waals surface area contributed by atoms with Crippen molar-refractivity contribution >= 4 is 16.7 Å². The fourth-order valence-corrected chi connectivity index (χ4v) is 2.69. The molecule has 1 aliphatic carbocycles. The average Bonchev–Trinajstić information content (AvgIpc) is 2.74. The maximum atomic E-state index is 11.9. The summed E-state index contributed by atoms with van der Waals surface area (Å²) < 4.78 is 0. The molecule has 0 aliphatic heterocycles. The summed E-state index contributed by atoms with van der Waals surface area (Å²) in [6, 6.07) is 8.22. The molecular weight excluding hydrogens is 198 g/mol. The number of nitrogens with one attached hydrogen (secondary N) is 1. The van der Waals surface area contributed by atoms with Crippen molar-refractivity contribution in [3.05, 3.63) is 36.0 Å². The number of aromatic amines is 1. The van der Waals surface area contributed by atoms with Crippen molar-refractivity contribution in [2.24, 2.45) is 0 Å². The van der Waals surface area contributed by atoms with Gasteiger partial charge in [-0.05, 0) is 24.5 Å². The number of carbonyl (C=O) groups is 1. The van der Waals surface area contributed by atoms with Crippen LogP contribution in [-0.4, -0.2) is 10.8 Å². The molecule has 3 rings (SSSR count). The Morgan fingerprint density at radius 1 is 1.19 bits per heavy atom. The lowest BCUT2D eigenvalue weighted by molar-refractivity contribution is -0.121. The maximum absolute atomic E-state index is 11.9. The summed E-state index contributed by atoms with van der Waals surface area (Å²) in [4.78, 5) is 15.2. The van der Waals surface area contributed by atoms with Crippen molar-refractivity contribution < 1.29 is 4.79 Å². The smallest absolute Gasteiger partial charge is 0.140 e. The highest BCUT2D eigenvalue weighted by Gasteiger charge is 2.25. The van der Waals surface area contributed by atoms with Gasteiger partial charge in [-0.3, -0.25) is 4.79 Å². The molecule has 82 valence electrons. The first-order valence-corrected chi connectivity index (χ1v) is 5.95. The molecule has 1 heterocycles. The van der Waals surface area contributed by atoms with E-state index >= 15 is 0 Å². The van der Waals surface area contributed by atoms with E-state index in [1.807, 2.05) is 18.3 Å². The summed E-state index contributed by atoms with van der Waals surface area (Å²) in [6.07, 6.45) is 6.02. The number of Topliss-reactive ketones (excluding diaryl/α,β-unsaturated/α-hetero) is 1. The minimum absolute atomic E-state index is 0.130. The van der Waals surface area contributed by atoms with Crippen LogP contribution in [0.15, 0.2) is 30.5 Å². The van der Waals surface area contributed by atoms with Crippen molar-refractivity contribution in [3.63, 3.8) is 0 Å². The predicted octanol–water partition coefficient (Wildman–Crippen LogP) is 3.39. The quantitative estimate of drug-likeness (QED) is 0.773. The summed E-state index contributed by atoms with van der Waals surface area (Å²) >= 11 is 0. The van der Waals surface area contributed by atoms with Gasteiger partial charge in [-0.15, -0.1) is 0 Å². The fraction of sp³-hybridized carbons (Fsp3) is 0.357. The molecule has 1 aromatic heterocycles. The molecule has 0 bridgehead atoms. The van der Waals surface area contributed by atoms with E-state index in [2.05, 4.69) is 17.1 Å². The van der Waals surface area contributed by atoms with E-state index < -0.39 is 0 Å². The number of fused-ring (bicyclic) bond motifs is 1. The number of H-pyrrole nitrogens is 1. The van der Waals surface area contributed by atoms with Crippen LogP contribution in [0.3, 0.4) is 0 Å². The van der Waals surface area contributed by atoms with Crippen LogP contribution in [0.4, 0.5) is 0 Å². The fourth-order valence-electron chi connectivity index (χ4n) is 2.69. The molecule has 1 unspecified atom stereocenters. The number of hydrogen-bond donors (Lipinski definition) is 1. The number of benzene rings is 1. The third kappa shape index (κ3) is 1.45. The van der Waals surface area contributed by atoms with E-state index in [4.69, 9.17) is 0 Å². The summed E-state index contributed by atoms with van der Waals surface area (Å²) in [7, 11) is 0. The maximum Gasteiger partial charge on any atom is 0.140 e. The van der Waals surface area contributed by atoms with Crippen LogP contribution >= 0.6 is 0 Å². The molecule has 0 amide bonds. The van der Waals surface area contributed by atoms with Gasteiger partial charge in [-0.25, -0.2) is 0 Å². The molecule has 1 aromatic carbocycles. The number of rotatable bonds is 1. The van der Waals surface area contributed by atoms with Crippen LogP contribution in [-0.2, 0) is 4.79 Å². The highest BCUT2D eigenvalue weighted by Crippen LogP contribution is 2.34. The molecule has 16 heavy (non-hydrogen) atoms. The van der Waals surface area contributed by atoms with Gasteiger partial charge in [0.2, 0.25) is 0 Å². The molecule has 1 aliphatic rings. The van der Waals surface area contributed by atoms with E-state index in [9.17, 15) is 4.79 Å². The Morgan fingerprint density at radius 3 is 2.94 bits per heavy atom. The number of carbonyl (C=O) groups excluding carboxylic acids is 1. The van der Waals surface area contributed by atoms with E-state index in [0.29, 0.717) is 5.78 Å². The Hall–Kier alpha value is -1.57. The molecule has 1 atom stereocenters. The third-order valence-electron chi connectivity index (χ3n) is 3.55. The van der Waals surface area contributed by atoms with Crippen LogP contribution < -0.4 is 0 Å². The first-order chi connectivity index (χ1) is 7.86. The largest absolute Gasteiger partial charge is 0.361 e. The molecule has 1 saturated carbocycles.